The highest BCUT2D eigenvalue weighted by Crippen LogP contribution is 2.34. The lowest BCUT2D eigenvalue weighted by atomic mass is 10.0. The van der Waals surface area contributed by atoms with E-state index in [2.05, 4.69) is 15.0 Å². The molecule has 0 aliphatic heterocycles. The second-order valence-corrected chi connectivity index (χ2v) is 7.19. The minimum Gasteiger partial charge on any atom is -0.394 e. The van der Waals surface area contributed by atoms with E-state index in [0.717, 1.165) is 33.9 Å². The molecule has 0 bridgehead atoms. The van der Waals surface area contributed by atoms with Crippen LogP contribution in [0.2, 0.25) is 5.02 Å². The molecule has 142 valence electrons. The minimum absolute atomic E-state index is 0.0102. The van der Waals surface area contributed by atoms with Gasteiger partial charge in [0.05, 0.1) is 36.7 Å². The van der Waals surface area contributed by atoms with Gasteiger partial charge in [-0.2, -0.15) is 0 Å². The maximum absolute atomic E-state index is 10.2. The fourth-order valence-electron chi connectivity index (χ4n) is 3.42. The Morgan fingerprint density at radius 2 is 1.79 bits per heavy atom. The SMILES string of the molecule is Cc1[nH]cnc1-c1c(-c2ccccc2)ncn1[C@H](CO)Cc1ccc(Cl)cc1. The largest absolute Gasteiger partial charge is 0.394 e. The van der Waals surface area contributed by atoms with Crippen molar-refractivity contribution in [2.45, 2.75) is 19.4 Å². The number of rotatable bonds is 6. The lowest BCUT2D eigenvalue weighted by Gasteiger charge is -2.19. The van der Waals surface area contributed by atoms with Gasteiger partial charge >= 0.3 is 0 Å². The third kappa shape index (κ3) is 3.59. The molecule has 0 radical (unpaired) electrons. The number of imidazole rings is 2. The van der Waals surface area contributed by atoms with Gasteiger partial charge in [0.15, 0.2) is 0 Å². The first-order valence-corrected chi connectivity index (χ1v) is 9.53. The van der Waals surface area contributed by atoms with Gasteiger partial charge in [-0.25, -0.2) is 9.97 Å². The molecular formula is C22H21ClN4O. The average molecular weight is 393 g/mol. The topological polar surface area (TPSA) is 66.7 Å². The van der Waals surface area contributed by atoms with Crippen molar-refractivity contribution in [3.05, 3.63) is 83.5 Å². The number of benzene rings is 2. The fourth-order valence-corrected chi connectivity index (χ4v) is 3.55. The molecule has 0 saturated carbocycles. The number of hydrogen-bond acceptors (Lipinski definition) is 3. The van der Waals surface area contributed by atoms with Crippen LogP contribution in [0.3, 0.4) is 0 Å². The number of halogens is 1. The number of hydrogen-bond donors (Lipinski definition) is 2. The van der Waals surface area contributed by atoms with E-state index in [1.165, 1.54) is 0 Å². The third-order valence-corrected chi connectivity index (χ3v) is 5.14. The molecule has 4 aromatic rings. The van der Waals surface area contributed by atoms with Gasteiger partial charge in [-0.15, -0.1) is 0 Å². The summed E-state index contributed by atoms with van der Waals surface area (Å²) in [6, 6.07) is 17.6. The Hall–Kier alpha value is -2.89. The van der Waals surface area contributed by atoms with Crippen molar-refractivity contribution >= 4 is 11.6 Å². The van der Waals surface area contributed by atoms with Crippen molar-refractivity contribution in [3.8, 4) is 22.6 Å². The summed E-state index contributed by atoms with van der Waals surface area (Å²) in [7, 11) is 0. The normalized spacial score (nSPS) is 12.2. The number of nitrogens with one attached hydrogen (secondary N) is 1. The fraction of sp³-hybridized carbons (Fsp3) is 0.182. The number of aliphatic hydroxyl groups is 1. The highest BCUT2D eigenvalue weighted by atomic mass is 35.5. The first-order valence-electron chi connectivity index (χ1n) is 9.15. The van der Waals surface area contributed by atoms with Crippen molar-refractivity contribution in [1.29, 1.82) is 0 Å². The summed E-state index contributed by atoms with van der Waals surface area (Å²) in [5.41, 5.74) is 5.67. The highest BCUT2D eigenvalue weighted by Gasteiger charge is 2.23. The molecule has 4 rings (SSSR count). The van der Waals surface area contributed by atoms with Gasteiger partial charge in [-0.3, -0.25) is 0 Å². The lowest BCUT2D eigenvalue weighted by molar-refractivity contribution is 0.228. The van der Waals surface area contributed by atoms with Gasteiger partial charge in [0.1, 0.15) is 5.69 Å². The van der Waals surface area contributed by atoms with E-state index in [4.69, 9.17) is 11.6 Å². The lowest BCUT2D eigenvalue weighted by Crippen LogP contribution is -2.16. The van der Waals surface area contributed by atoms with E-state index < -0.39 is 0 Å². The van der Waals surface area contributed by atoms with Crippen LogP contribution in [0.4, 0.5) is 0 Å². The molecule has 0 unspecified atom stereocenters. The Labute approximate surface area is 168 Å². The number of nitrogens with zero attached hydrogens (tertiary/aromatic N) is 3. The van der Waals surface area contributed by atoms with Crippen molar-refractivity contribution in [2.75, 3.05) is 6.61 Å². The van der Waals surface area contributed by atoms with E-state index in [9.17, 15) is 5.11 Å². The Morgan fingerprint density at radius 1 is 1.04 bits per heavy atom. The van der Waals surface area contributed by atoms with Crippen LogP contribution in [0, 0.1) is 6.92 Å². The van der Waals surface area contributed by atoms with Gasteiger partial charge in [0, 0.05) is 16.3 Å². The molecule has 1 atom stereocenters. The van der Waals surface area contributed by atoms with E-state index in [1.54, 1.807) is 12.7 Å². The summed E-state index contributed by atoms with van der Waals surface area (Å²) in [6.45, 7) is 1.98. The van der Waals surface area contributed by atoms with Crippen molar-refractivity contribution < 1.29 is 5.11 Å². The summed E-state index contributed by atoms with van der Waals surface area (Å²) >= 11 is 6.00. The maximum Gasteiger partial charge on any atom is 0.110 e. The average Bonchev–Trinajstić information content (AvgIpc) is 3.34. The van der Waals surface area contributed by atoms with Gasteiger partial charge in [-0.05, 0) is 31.0 Å². The smallest absolute Gasteiger partial charge is 0.110 e. The summed E-state index contributed by atoms with van der Waals surface area (Å²) in [5.74, 6) is 0. The molecule has 2 aromatic carbocycles. The number of aliphatic hydroxyl groups excluding tert-OH is 1. The van der Waals surface area contributed by atoms with E-state index >= 15 is 0 Å². The molecule has 2 heterocycles. The number of aromatic amines is 1. The number of H-pyrrole nitrogens is 1. The molecule has 0 amide bonds. The molecule has 28 heavy (non-hydrogen) atoms. The summed E-state index contributed by atoms with van der Waals surface area (Å²) < 4.78 is 2.03. The highest BCUT2D eigenvalue weighted by molar-refractivity contribution is 6.30. The second kappa shape index (κ2) is 8.00. The molecule has 2 aromatic heterocycles. The van der Waals surface area contributed by atoms with Crippen LogP contribution in [-0.2, 0) is 6.42 Å². The van der Waals surface area contributed by atoms with Crippen LogP contribution in [0.25, 0.3) is 22.6 Å². The van der Waals surface area contributed by atoms with Gasteiger partial charge in [-0.1, -0.05) is 54.1 Å². The Bertz CT molecular complexity index is 1050. The second-order valence-electron chi connectivity index (χ2n) is 6.76. The summed E-state index contributed by atoms with van der Waals surface area (Å²) in [6.07, 6.45) is 4.14. The van der Waals surface area contributed by atoms with Gasteiger partial charge in [0.2, 0.25) is 0 Å². The van der Waals surface area contributed by atoms with Gasteiger partial charge < -0.3 is 14.7 Å². The Kier molecular flexibility index (Phi) is 5.28. The van der Waals surface area contributed by atoms with E-state index in [0.29, 0.717) is 11.4 Å². The monoisotopic (exact) mass is 392 g/mol. The van der Waals surface area contributed by atoms with Crippen molar-refractivity contribution in [2.24, 2.45) is 0 Å². The maximum atomic E-state index is 10.2. The number of aromatic nitrogens is 4. The summed E-state index contributed by atoms with van der Waals surface area (Å²) in [5, 5.41) is 10.9. The van der Waals surface area contributed by atoms with Crippen LogP contribution in [0.5, 0.6) is 0 Å². The van der Waals surface area contributed by atoms with Crippen LogP contribution in [0.15, 0.2) is 67.3 Å². The zero-order valence-corrected chi connectivity index (χ0v) is 16.3. The minimum atomic E-state index is -0.169. The standard InChI is InChI=1S/C22H21ClN4O/c1-15-20(25-13-24-15)22-21(17-5-3-2-4-6-17)26-14-27(22)19(12-28)11-16-7-9-18(23)10-8-16/h2-10,13-14,19,28H,11-12H2,1H3,(H,24,25)/t19-/m0/s1. The zero-order valence-electron chi connectivity index (χ0n) is 15.5. The Morgan fingerprint density at radius 3 is 2.43 bits per heavy atom. The summed E-state index contributed by atoms with van der Waals surface area (Å²) in [4.78, 5) is 12.4. The molecule has 0 spiro atoms. The molecule has 0 fully saturated rings. The number of aryl methyl sites for hydroxylation is 1. The molecule has 5 nitrogen and oxygen atoms in total. The quantitative estimate of drug-likeness (QED) is 0.500. The zero-order chi connectivity index (χ0) is 19.5. The molecule has 0 aliphatic rings. The molecule has 0 saturated heterocycles. The van der Waals surface area contributed by atoms with Gasteiger partial charge in [0.25, 0.3) is 0 Å². The van der Waals surface area contributed by atoms with Crippen LogP contribution in [-0.4, -0.2) is 31.2 Å². The molecule has 0 aliphatic carbocycles. The first kappa shape index (κ1) is 18.5. The van der Waals surface area contributed by atoms with Crippen LogP contribution >= 0.6 is 11.6 Å². The van der Waals surface area contributed by atoms with E-state index in [1.807, 2.05) is 66.1 Å². The van der Waals surface area contributed by atoms with Crippen molar-refractivity contribution in [3.63, 3.8) is 0 Å². The predicted molar refractivity (Wildman–Crippen MR) is 111 cm³/mol. The molecule has 6 heteroatoms. The third-order valence-electron chi connectivity index (χ3n) is 4.88. The molecular weight excluding hydrogens is 372 g/mol. The Balaban J connectivity index is 1.80. The van der Waals surface area contributed by atoms with E-state index in [-0.39, 0.29) is 12.6 Å². The first-order chi connectivity index (χ1) is 13.7. The molecule has 2 N–H and O–H groups in total. The van der Waals surface area contributed by atoms with Crippen molar-refractivity contribution in [1.82, 2.24) is 19.5 Å². The predicted octanol–water partition coefficient (Wildman–Crippen LogP) is 4.68. The van der Waals surface area contributed by atoms with Crippen LogP contribution < -0.4 is 0 Å². The van der Waals surface area contributed by atoms with Crippen LogP contribution in [0.1, 0.15) is 17.3 Å².